The number of fused-ring (bicyclic) bond motifs is 2. The summed E-state index contributed by atoms with van der Waals surface area (Å²) in [5, 5.41) is 2.63. The lowest BCUT2D eigenvalue weighted by atomic mass is 9.77. The summed E-state index contributed by atoms with van der Waals surface area (Å²) < 4.78 is 0. The van der Waals surface area contributed by atoms with Crippen LogP contribution in [0, 0.1) is 0 Å². The Morgan fingerprint density at radius 1 is 0.714 bits per heavy atom. The van der Waals surface area contributed by atoms with Gasteiger partial charge in [0.05, 0.1) is 0 Å². The van der Waals surface area contributed by atoms with E-state index in [0.29, 0.717) is 5.92 Å². The molecule has 0 saturated carbocycles. The van der Waals surface area contributed by atoms with E-state index >= 15 is 0 Å². The van der Waals surface area contributed by atoms with Gasteiger partial charge in [0, 0.05) is 12.0 Å². The lowest BCUT2D eigenvalue weighted by molar-refractivity contribution is 0.530. The lowest BCUT2D eigenvalue weighted by Gasteiger charge is -2.30. The Hall–Kier alpha value is -2.12. The van der Waals surface area contributed by atoms with Crippen LogP contribution in [0.15, 0.2) is 66.7 Å². The molecule has 2 unspecified atom stereocenters. The first-order chi connectivity index (χ1) is 10.3. The zero-order chi connectivity index (χ0) is 14.2. The molecule has 0 aromatic heterocycles. The highest BCUT2D eigenvalue weighted by Crippen LogP contribution is 2.40. The van der Waals surface area contributed by atoms with Crippen LogP contribution >= 0.6 is 0 Å². The molecule has 1 nitrogen and oxygen atoms in total. The van der Waals surface area contributed by atoms with E-state index in [9.17, 15) is 0 Å². The predicted molar refractivity (Wildman–Crippen MR) is 88.4 cm³/mol. The van der Waals surface area contributed by atoms with Gasteiger partial charge in [0.15, 0.2) is 0 Å². The first-order valence-corrected chi connectivity index (χ1v) is 7.66. The first-order valence-electron chi connectivity index (χ1n) is 7.66. The highest BCUT2D eigenvalue weighted by atomic mass is 14.6. The highest BCUT2D eigenvalue weighted by Gasteiger charge is 2.25. The summed E-state index contributed by atoms with van der Waals surface area (Å²) in [6.07, 6.45) is 2.20. The molecule has 21 heavy (non-hydrogen) atoms. The summed E-state index contributed by atoms with van der Waals surface area (Å²) in [6.45, 7) is 0. The molecule has 2 N–H and O–H groups in total. The van der Waals surface area contributed by atoms with Gasteiger partial charge in [-0.1, -0.05) is 66.7 Å². The van der Waals surface area contributed by atoms with Crippen molar-refractivity contribution in [3.05, 3.63) is 83.4 Å². The molecule has 3 aromatic rings. The molecule has 1 aliphatic rings. The molecule has 104 valence electrons. The molecule has 0 heterocycles. The summed E-state index contributed by atoms with van der Waals surface area (Å²) in [4.78, 5) is 0. The summed E-state index contributed by atoms with van der Waals surface area (Å²) in [6, 6.07) is 24.3. The molecular weight excluding hydrogens is 254 g/mol. The molecule has 0 spiro atoms. The Morgan fingerprint density at radius 3 is 2.29 bits per heavy atom. The van der Waals surface area contributed by atoms with Crippen LogP contribution in [0.3, 0.4) is 0 Å². The van der Waals surface area contributed by atoms with Gasteiger partial charge in [0.2, 0.25) is 0 Å². The molecule has 0 amide bonds. The SMILES string of the molecule is NC1CCC(c2ccc3ccccc3c2)c2ccccc21. The number of benzene rings is 3. The van der Waals surface area contributed by atoms with E-state index in [-0.39, 0.29) is 6.04 Å². The third-order valence-electron chi connectivity index (χ3n) is 4.71. The topological polar surface area (TPSA) is 26.0 Å². The maximum Gasteiger partial charge on any atom is 0.0298 e. The minimum absolute atomic E-state index is 0.193. The monoisotopic (exact) mass is 273 g/mol. The van der Waals surface area contributed by atoms with Crippen LogP contribution in [0.1, 0.15) is 41.5 Å². The maximum absolute atomic E-state index is 6.28. The zero-order valence-corrected chi connectivity index (χ0v) is 12.0. The Bertz CT molecular complexity index is 790. The largest absolute Gasteiger partial charge is 0.324 e. The second kappa shape index (κ2) is 5.01. The van der Waals surface area contributed by atoms with Gasteiger partial charge in [-0.2, -0.15) is 0 Å². The average Bonchev–Trinajstić information content (AvgIpc) is 2.55. The lowest BCUT2D eigenvalue weighted by Crippen LogP contribution is -2.20. The molecule has 0 radical (unpaired) electrons. The fourth-order valence-corrected chi connectivity index (χ4v) is 3.59. The van der Waals surface area contributed by atoms with E-state index in [0.717, 1.165) is 12.8 Å². The number of hydrogen-bond acceptors (Lipinski definition) is 1. The van der Waals surface area contributed by atoms with E-state index in [1.54, 1.807) is 0 Å². The van der Waals surface area contributed by atoms with Crippen molar-refractivity contribution in [2.45, 2.75) is 24.8 Å². The van der Waals surface area contributed by atoms with Gasteiger partial charge < -0.3 is 5.73 Å². The van der Waals surface area contributed by atoms with Crippen LogP contribution in [-0.2, 0) is 0 Å². The number of nitrogens with two attached hydrogens (primary N) is 1. The predicted octanol–water partition coefficient (Wildman–Crippen LogP) is 4.77. The van der Waals surface area contributed by atoms with E-state index in [1.165, 1.54) is 27.5 Å². The first kappa shape index (κ1) is 12.6. The molecule has 0 bridgehead atoms. The van der Waals surface area contributed by atoms with Crippen LogP contribution in [-0.4, -0.2) is 0 Å². The van der Waals surface area contributed by atoms with Crippen molar-refractivity contribution in [2.75, 3.05) is 0 Å². The quantitative estimate of drug-likeness (QED) is 0.679. The Labute approximate surface area is 125 Å². The van der Waals surface area contributed by atoms with Crippen molar-refractivity contribution in [2.24, 2.45) is 5.73 Å². The molecule has 0 saturated heterocycles. The summed E-state index contributed by atoms with van der Waals surface area (Å²) in [5.41, 5.74) is 10.4. The maximum atomic E-state index is 6.28. The van der Waals surface area contributed by atoms with Gasteiger partial charge in [-0.15, -0.1) is 0 Å². The smallest absolute Gasteiger partial charge is 0.0298 e. The van der Waals surface area contributed by atoms with Gasteiger partial charge in [-0.05, 0) is 40.3 Å². The van der Waals surface area contributed by atoms with Crippen molar-refractivity contribution in [1.29, 1.82) is 0 Å². The summed E-state index contributed by atoms with van der Waals surface area (Å²) in [7, 11) is 0. The third kappa shape index (κ3) is 2.14. The van der Waals surface area contributed by atoms with Gasteiger partial charge in [-0.3, -0.25) is 0 Å². The summed E-state index contributed by atoms with van der Waals surface area (Å²) >= 11 is 0. The fourth-order valence-electron chi connectivity index (χ4n) is 3.59. The average molecular weight is 273 g/mol. The van der Waals surface area contributed by atoms with E-state index in [4.69, 9.17) is 5.73 Å². The normalized spacial score (nSPS) is 21.2. The minimum Gasteiger partial charge on any atom is -0.324 e. The van der Waals surface area contributed by atoms with Crippen molar-refractivity contribution >= 4 is 10.8 Å². The van der Waals surface area contributed by atoms with E-state index < -0.39 is 0 Å². The second-order valence-corrected chi connectivity index (χ2v) is 5.97. The van der Waals surface area contributed by atoms with E-state index in [2.05, 4.69) is 66.7 Å². The second-order valence-electron chi connectivity index (χ2n) is 5.97. The van der Waals surface area contributed by atoms with Crippen molar-refractivity contribution in [1.82, 2.24) is 0 Å². The van der Waals surface area contributed by atoms with Crippen molar-refractivity contribution in [3.8, 4) is 0 Å². The van der Waals surface area contributed by atoms with E-state index in [1.807, 2.05) is 0 Å². The molecule has 4 rings (SSSR count). The summed E-state index contributed by atoms with van der Waals surface area (Å²) in [5.74, 6) is 0.477. The Kier molecular flexibility index (Phi) is 3.01. The van der Waals surface area contributed by atoms with Gasteiger partial charge in [0.1, 0.15) is 0 Å². The highest BCUT2D eigenvalue weighted by molar-refractivity contribution is 5.83. The molecule has 0 aliphatic heterocycles. The van der Waals surface area contributed by atoms with Crippen LogP contribution in [0.25, 0.3) is 10.8 Å². The van der Waals surface area contributed by atoms with Gasteiger partial charge in [0.25, 0.3) is 0 Å². The van der Waals surface area contributed by atoms with Crippen LogP contribution in [0.5, 0.6) is 0 Å². The van der Waals surface area contributed by atoms with Gasteiger partial charge in [-0.25, -0.2) is 0 Å². The molecule has 2 atom stereocenters. The van der Waals surface area contributed by atoms with Gasteiger partial charge >= 0.3 is 0 Å². The molecular formula is C20H19N. The Morgan fingerprint density at radius 2 is 1.43 bits per heavy atom. The van der Waals surface area contributed by atoms with Crippen LogP contribution < -0.4 is 5.73 Å². The zero-order valence-electron chi connectivity index (χ0n) is 12.0. The number of rotatable bonds is 1. The Balaban J connectivity index is 1.84. The molecule has 1 aliphatic carbocycles. The fraction of sp³-hybridized carbons (Fsp3) is 0.200. The van der Waals surface area contributed by atoms with Crippen LogP contribution in [0.2, 0.25) is 0 Å². The van der Waals surface area contributed by atoms with Crippen molar-refractivity contribution < 1.29 is 0 Å². The molecule has 0 fully saturated rings. The standard InChI is InChI=1S/C20H19N/c21-20-12-11-17(18-7-3-4-8-19(18)20)16-10-9-14-5-1-2-6-15(14)13-16/h1-10,13,17,20H,11-12,21H2. The molecule has 3 aromatic carbocycles. The molecule has 1 heteroatoms. The minimum atomic E-state index is 0.193. The number of hydrogen-bond donors (Lipinski definition) is 1. The van der Waals surface area contributed by atoms with Crippen LogP contribution in [0.4, 0.5) is 0 Å². The third-order valence-corrected chi connectivity index (χ3v) is 4.71. The van der Waals surface area contributed by atoms with Crippen molar-refractivity contribution in [3.63, 3.8) is 0 Å².